The van der Waals surface area contributed by atoms with Gasteiger partial charge in [-0.05, 0) is 65.2 Å². The maximum atomic E-state index is 13.9. The summed E-state index contributed by atoms with van der Waals surface area (Å²) < 4.78 is 29.2. The van der Waals surface area contributed by atoms with Crippen LogP contribution in [0.4, 0.5) is 11.5 Å². The normalized spacial score (nSPS) is 15.5. The maximum absolute atomic E-state index is 13.9. The first-order valence-electron chi connectivity index (χ1n) is 10.7. The lowest BCUT2D eigenvalue weighted by Gasteiger charge is -2.32. The fraction of sp³-hybridized carbons (Fsp3) is 0.417. The summed E-state index contributed by atoms with van der Waals surface area (Å²) in [4.78, 5) is 2.65. The molecule has 0 atom stereocenters. The van der Waals surface area contributed by atoms with Gasteiger partial charge in [-0.15, -0.1) is 0 Å². The molecule has 1 aliphatic rings. The van der Waals surface area contributed by atoms with Crippen molar-refractivity contribution in [1.82, 2.24) is 3.97 Å². The number of aromatic nitrogens is 1. The molecule has 30 heavy (non-hydrogen) atoms. The third-order valence-electron chi connectivity index (χ3n) is 5.53. The van der Waals surface area contributed by atoms with Crippen molar-refractivity contribution in [3.63, 3.8) is 0 Å². The fourth-order valence-corrected chi connectivity index (χ4v) is 5.64. The van der Waals surface area contributed by atoms with Crippen LogP contribution in [0.2, 0.25) is 0 Å². The van der Waals surface area contributed by atoms with Gasteiger partial charge in [-0.1, -0.05) is 35.9 Å². The number of benzene rings is 2. The van der Waals surface area contributed by atoms with E-state index in [0.29, 0.717) is 16.2 Å². The van der Waals surface area contributed by atoms with Crippen molar-refractivity contribution in [3.8, 4) is 0 Å². The molecule has 1 aliphatic heterocycles. The molecular weight excluding hydrogens is 394 g/mol. The number of nitrogens with zero attached hydrogens (tertiary/aromatic N) is 2. The first-order valence-corrected chi connectivity index (χ1v) is 12.1. The minimum absolute atomic E-state index is 0.292. The van der Waals surface area contributed by atoms with Crippen molar-refractivity contribution in [2.24, 2.45) is 0 Å². The van der Waals surface area contributed by atoms with Gasteiger partial charge in [-0.2, -0.15) is 0 Å². The molecule has 0 bridgehead atoms. The number of para-hydroxylation sites is 1. The molecule has 1 N–H and O–H groups in total. The standard InChI is InChI=1S/C24H31N3O2S/c1-18-12-14-19(15-13-18)30(28,29)27-21-11-7-6-10-20(21)22(23(27)25-24(2,3)4)26-16-8-5-9-17-26/h6-7,10-15,25H,5,8-9,16-17H2,1-4H3. The Kier molecular flexibility index (Phi) is 5.30. The Morgan fingerprint density at radius 2 is 1.53 bits per heavy atom. The first kappa shape index (κ1) is 20.8. The molecule has 0 saturated carbocycles. The molecule has 4 rings (SSSR count). The maximum Gasteiger partial charge on any atom is 0.269 e. The number of nitrogens with one attached hydrogen (secondary N) is 1. The van der Waals surface area contributed by atoms with Gasteiger partial charge in [0, 0.05) is 24.0 Å². The van der Waals surface area contributed by atoms with Crippen molar-refractivity contribution in [2.75, 3.05) is 23.3 Å². The van der Waals surface area contributed by atoms with E-state index in [-0.39, 0.29) is 5.54 Å². The van der Waals surface area contributed by atoms with Crippen LogP contribution in [0.15, 0.2) is 53.4 Å². The van der Waals surface area contributed by atoms with E-state index in [4.69, 9.17) is 0 Å². The molecule has 2 heterocycles. The van der Waals surface area contributed by atoms with E-state index in [1.807, 2.05) is 43.3 Å². The summed E-state index contributed by atoms with van der Waals surface area (Å²) in [6.45, 7) is 10.0. The summed E-state index contributed by atoms with van der Waals surface area (Å²) in [5.41, 5.74) is 2.45. The summed E-state index contributed by atoms with van der Waals surface area (Å²) in [7, 11) is -3.78. The zero-order chi connectivity index (χ0) is 21.5. The molecular formula is C24H31N3O2S. The van der Waals surface area contributed by atoms with Crippen LogP contribution in [0.3, 0.4) is 0 Å². The van der Waals surface area contributed by atoms with E-state index in [0.717, 1.165) is 42.6 Å². The molecule has 1 saturated heterocycles. The van der Waals surface area contributed by atoms with E-state index >= 15 is 0 Å². The molecule has 1 aromatic heterocycles. The molecule has 0 amide bonds. The first-order chi connectivity index (χ1) is 14.2. The summed E-state index contributed by atoms with van der Waals surface area (Å²) in [6.07, 6.45) is 3.47. The summed E-state index contributed by atoms with van der Waals surface area (Å²) in [6, 6.07) is 14.9. The van der Waals surface area contributed by atoms with E-state index < -0.39 is 10.0 Å². The van der Waals surface area contributed by atoms with Crippen LogP contribution in [0.1, 0.15) is 45.6 Å². The van der Waals surface area contributed by atoms with E-state index in [2.05, 4.69) is 31.0 Å². The van der Waals surface area contributed by atoms with Gasteiger partial charge in [0.05, 0.1) is 16.1 Å². The van der Waals surface area contributed by atoms with Crippen molar-refractivity contribution >= 4 is 32.4 Å². The zero-order valence-electron chi connectivity index (χ0n) is 18.3. The molecule has 2 aromatic carbocycles. The molecule has 0 aliphatic carbocycles. The number of hydrogen-bond donors (Lipinski definition) is 1. The second-order valence-electron chi connectivity index (χ2n) is 9.22. The molecule has 1 fully saturated rings. The average Bonchev–Trinajstić information content (AvgIpc) is 3.01. The Morgan fingerprint density at radius 3 is 2.17 bits per heavy atom. The Morgan fingerprint density at radius 1 is 0.900 bits per heavy atom. The third kappa shape index (κ3) is 3.81. The topological polar surface area (TPSA) is 54.3 Å². The van der Waals surface area contributed by atoms with Crippen LogP contribution in [-0.2, 0) is 10.0 Å². The molecule has 6 heteroatoms. The predicted molar refractivity (Wildman–Crippen MR) is 125 cm³/mol. The Labute approximate surface area is 179 Å². The quantitative estimate of drug-likeness (QED) is 0.609. The monoisotopic (exact) mass is 425 g/mol. The molecule has 0 unspecified atom stereocenters. The van der Waals surface area contributed by atoms with Gasteiger partial charge < -0.3 is 10.2 Å². The highest BCUT2D eigenvalue weighted by molar-refractivity contribution is 7.90. The fourth-order valence-electron chi connectivity index (χ4n) is 4.16. The van der Waals surface area contributed by atoms with Crippen molar-refractivity contribution in [1.29, 1.82) is 0 Å². The SMILES string of the molecule is Cc1ccc(S(=O)(=O)n2c(NC(C)(C)C)c(N3CCCCC3)c3ccccc32)cc1. The van der Waals surface area contributed by atoms with Gasteiger partial charge in [0.2, 0.25) is 0 Å². The summed E-state index contributed by atoms with van der Waals surface area (Å²) in [5, 5.41) is 4.51. The number of fused-ring (bicyclic) bond motifs is 1. The Bertz CT molecular complexity index is 1150. The Hall–Kier alpha value is -2.47. The zero-order valence-corrected chi connectivity index (χ0v) is 19.1. The number of aryl methyl sites for hydroxylation is 1. The van der Waals surface area contributed by atoms with Crippen molar-refractivity contribution in [2.45, 2.75) is 57.4 Å². The molecule has 5 nitrogen and oxygen atoms in total. The van der Waals surface area contributed by atoms with Crippen LogP contribution < -0.4 is 10.2 Å². The largest absolute Gasteiger partial charge is 0.368 e. The minimum atomic E-state index is -3.78. The second-order valence-corrected chi connectivity index (χ2v) is 11.0. The lowest BCUT2D eigenvalue weighted by Crippen LogP contribution is -2.33. The van der Waals surface area contributed by atoms with Crippen LogP contribution in [0, 0.1) is 6.92 Å². The van der Waals surface area contributed by atoms with Gasteiger partial charge in [-0.25, -0.2) is 12.4 Å². The van der Waals surface area contributed by atoms with Gasteiger partial charge in [0.15, 0.2) is 0 Å². The number of hydrogen-bond acceptors (Lipinski definition) is 4. The van der Waals surface area contributed by atoms with Crippen LogP contribution in [0.5, 0.6) is 0 Å². The highest BCUT2D eigenvalue weighted by Crippen LogP contribution is 2.42. The average molecular weight is 426 g/mol. The lowest BCUT2D eigenvalue weighted by atomic mass is 10.1. The van der Waals surface area contributed by atoms with Gasteiger partial charge in [0.25, 0.3) is 10.0 Å². The number of rotatable bonds is 4. The molecule has 160 valence electrons. The van der Waals surface area contributed by atoms with Gasteiger partial charge >= 0.3 is 0 Å². The van der Waals surface area contributed by atoms with Gasteiger partial charge in [-0.3, -0.25) is 0 Å². The van der Waals surface area contributed by atoms with Crippen molar-refractivity contribution in [3.05, 3.63) is 54.1 Å². The Balaban J connectivity index is 2.03. The highest BCUT2D eigenvalue weighted by Gasteiger charge is 2.31. The second kappa shape index (κ2) is 7.65. The summed E-state index contributed by atoms with van der Waals surface area (Å²) >= 11 is 0. The van der Waals surface area contributed by atoms with Gasteiger partial charge in [0.1, 0.15) is 5.82 Å². The highest BCUT2D eigenvalue weighted by atomic mass is 32.2. The van der Waals surface area contributed by atoms with E-state index in [1.165, 1.54) is 10.4 Å². The van der Waals surface area contributed by atoms with Crippen LogP contribution >= 0.6 is 0 Å². The van der Waals surface area contributed by atoms with Crippen molar-refractivity contribution < 1.29 is 8.42 Å². The molecule has 0 radical (unpaired) electrons. The van der Waals surface area contributed by atoms with E-state index in [1.54, 1.807) is 12.1 Å². The molecule has 3 aromatic rings. The number of piperidine rings is 1. The summed E-state index contributed by atoms with van der Waals surface area (Å²) in [5.74, 6) is 0.658. The minimum Gasteiger partial charge on any atom is -0.368 e. The predicted octanol–water partition coefficient (Wildman–Crippen LogP) is 5.39. The smallest absolute Gasteiger partial charge is 0.269 e. The van der Waals surface area contributed by atoms with E-state index in [9.17, 15) is 8.42 Å². The van der Waals surface area contributed by atoms with Crippen LogP contribution in [-0.4, -0.2) is 31.0 Å². The van der Waals surface area contributed by atoms with Crippen LogP contribution in [0.25, 0.3) is 10.9 Å². The molecule has 0 spiro atoms. The third-order valence-corrected chi connectivity index (χ3v) is 7.26. The lowest BCUT2D eigenvalue weighted by molar-refractivity contribution is 0.575. The number of anilines is 2.